The molecule has 0 aliphatic rings. The lowest BCUT2D eigenvalue weighted by Gasteiger charge is -2.25. The van der Waals surface area contributed by atoms with Crippen LogP contribution in [0.4, 0.5) is 0 Å². The Morgan fingerprint density at radius 2 is 1.31 bits per heavy atom. The fraction of sp³-hybridized carbons (Fsp3) is 0.700. The van der Waals surface area contributed by atoms with Gasteiger partial charge in [-0.1, -0.05) is 0 Å². The third-order valence-corrected chi connectivity index (χ3v) is 4.95. The van der Waals surface area contributed by atoms with E-state index in [2.05, 4.69) is 20.9 Å². The molecule has 0 aliphatic heterocycles. The van der Waals surface area contributed by atoms with Gasteiger partial charge in [-0.05, 0) is 45.1 Å². The second kappa shape index (κ2) is 17.9. The molecule has 0 heterocycles. The summed E-state index contributed by atoms with van der Waals surface area (Å²) in [4.78, 5) is 64.0. The van der Waals surface area contributed by atoms with E-state index in [1.807, 2.05) is 0 Å². The predicted molar refractivity (Wildman–Crippen MR) is 128 cm³/mol. The number of aliphatic imine (C=N–C) groups is 1. The minimum Gasteiger partial charge on any atom is -0.481 e. The van der Waals surface area contributed by atoms with Crippen LogP contribution in [0.15, 0.2) is 4.99 Å². The van der Waals surface area contributed by atoms with E-state index in [0.717, 1.165) is 0 Å². The van der Waals surface area contributed by atoms with Gasteiger partial charge in [-0.25, -0.2) is 4.79 Å². The molecule has 0 saturated carbocycles. The molecule has 16 nitrogen and oxygen atoms in total. The minimum absolute atomic E-state index is 0.000751. The van der Waals surface area contributed by atoms with Crippen molar-refractivity contribution < 1.29 is 39.3 Å². The number of amides is 3. The van der Waals surface area contributed by atoms with Crippen molar-refractivity contribution >= 4 is 35.6 Å². The normalized spacial score (nSPS) is 14.0. The fourth-order valence-electron chi connectivity index (χ4n) is 2.97. The molecule has 3 amide bonds. The van der Waals surface area contributed by atoms with Crippen LogP contribution in [0.5, 0.6) is 0 Å². The summed E-state index contributed by atoms with van der Waals surface area (Å²) >= 11 is 0. The van der Waals surface area contributed by atoms with Gasteiger partial charge in [-0.3, -0.25) is 24.2 Å². The Balaban J connectivity index is 5.60. The van der Waals surface area contributed by atoms with Gasteiger partial charge in [-0.2, -0.15) is 0 Å². The van der Waals surface area contributed by atoms with Crippen LogP contribution in [0.25, 0.3) is 0 Å². The second-order valence-corrected chi connectivity index (χ2v) is 7.98. The molecule has 36 heavy (non-hydrogen) atoms. The van der Waals surface area contributed by atoms with Crippen molar-refractivity contribution in [2.75, 3.05) is 19.7 Å². The van der Waals surface area contributed by atoms with E-state index >= 15 is 0 Å². The second-order valence-electron chi connectivity index (χ2n) is 7.98. The number of carboxylic acid groups (broad SMARTS) is 2. The monoisotopic (exact) mass is 518 g/mol. The van der Waals surface area contributed by atoms with E-state index < -0.39 is 66.9 Å². The third kappa shape index (κ3) is 14.0. The number of carbonyl (C=O) groups is 5. The van der Waals surface area contributed by atoms with E-state index in [9.17, 15) is 29.1 Å². The van der Waals surface area contributed by atoms with Gasteiger partial charge in [-0.15, -0.1) is 0 Å². The van der Waals surface area contributed by atoms with Gasteiger partial charge in [0.2, 0.25) is 17.7 Å². The quantitative estimate of drug-likeness (QED) is 0.0443. The van der Waals surface area contributed by atoms with Crippen molar-refractivity contribution in [3.05, 3.63) is 0 Å². The van der Waals surface area contributed by atoms with E-state index in [1.165, 1.54) is 0 Å². The molecule has 0 aromatic carbocycles. The molecule has 0 bridgehead atoms. The van der Waals surface area contributed by atoms with Crippen LogP contribution < -0.4 is 38.9 Å². The first-order chi connectivity index (χ1) is 16.9. The highest BCUT2D eigenvalue weighted by Crippen LogP contribution is 2.06. The standard InChI is InChI=1S/C20H38N8O8/c21-8-2-1-4-12(26-16(32)11(22)10-29)17(33)27-13(5-3-9-25-20(23)24)18(34)28-14(19(35)36)6-7-15(30)31/h11-14,29H,1-10,21-22H2,(H,26,32)(H,27,33)(H,28,34)(H,30,31)(H,35,36)(H4,23,24,25). The highest BCUT2D eigenvalue weighted by atomic mass is 16.4. The number of carbonyl (C=O) groups excluding carboxylic acids is 3. The Hall–Kier alpha value is -3.50. The van der Waals surface area contributed by atoms with Gasteiger partial charge >= 0.3 is 11.9 Å². The van der Waals surface area contributed by atoms with Crippen molar-refractivity contribution in [3.8, 4) is 0 Å². The number of hydrogen-bond donors (Lipinski definition) is 10. The number of carboxylic acids is 2. The molecule has 16 heteroatoms. The zero-order valence-electron chi connectivity index (χ0n) is 20.0. The average Bonchev–Trinajstić information content (AvgIpc) is 2.81. The zero-order chi connectivity index (χ0) is 27.7. The lowest BCUT2D eigenvalue weighted by Crippen LogP contribution is -2.57. The molecule has 0 saturated heterocycles. The molecule has 0 aromatic rings. The van der Waals surface area contributed by atoms with Crippen LogP contribution in [0, 0.1) is 0 Å². The molecule has 0 aliphatic carbocycles. The number of unbranched alkanes of at least 4 members (excludes halogenated alkanes) is 1. The molecule has 0 fully saturated rings. The summed E-state index contributed by atoms with van der Waals surface area (Å²) < 4.78 is 0. The van der Waals surface area contributed by atoms with Crippen LogP contribution in [0.1, 0.15) is 44.9 Å². The fourth-order valence-corrected chi connectivity index (χ4v) is 2.97. The summed E-state index contributed by atoms with van der Waals surface area (Å²) in [6.07, 6.45) is 0.521. The maximum absolute atomic E-state index is 13.0. The molecule has 14 N–H and O–H groups in total. The Morgan fingerprint density at radius 1 is 0.778 bits per heavy atom. The molecule has 4 atom stereocenters. The van der Waals surface area contributed by atoms with E-state index in [-0.39, 0.29) is 38.2 Å². The first-order valence-corrected chi connectivity index (χ1v) is 11.4. The lowest BCUT2D eigenvalue weighted by atomic mass is 10.0. The Kier molecular flexibility index (Phi) is 16.1. The van der Waals surface area contributed by atoms with Crippen LogP contribution >= 0.6 is 0 Å². The summed E-state index contributed by atoms with van der Waals surface area (Å²) in [5.41, 5.74) is 21.5. The number of aliphatic hydroxyl groups excluding tert-OH is 1. The van der Waals surface area contributed by atoms with Crippen molar-refractivity contribution in [1.82, 2.24) is 16.0 Å². The van der Waals surface area contributed by atoms with Gasteiger partial charge in [0.25, 0.3) is 0 Å². The van der Waals surface area contributed by atoms with Crippen LogP contribution in [0.3, 0.4) is 0 Å². The topological polar surface area (TPSA) is 299 Å². The number of aliphatic hydroxyl groups is 1. The van der Waals surface area contributed by atoms with Crippen molar-refractivity contribution in [2.24, 2.45) is 27.9 Å². The van der Waals surface area contributed by atoms with Gasteiger partial charge in [0.1, 0.15) is 24.2 Å². The largest absolute Gasteiger partial charge is 0.481 e. The summed E-state index contributed by atoms with van der Waals surface area (Å²) in [5, 5.41) is 34.4. The average molecular weight is 519 g/mol. The van der Waals surface area contributed by atoms with Gasteiger partial charge in [0, 0.05) is 13.0 Å². The molecule has 4 unspecified atom stereocenters. The highest BCUT2D eigenvalue weighted by molar-refractivity contribution is 5.94. The molecular weight excluding hydrogens is 480 g/mol. The first kappa shape index (κ1) is 32.5. The van der Waals surface area contributed by atoms with Gasteiger partial charge in [0.15, 0.2) is 5.96 Å². The van der Waals surface area contributed by atoms with E-state index in [1.54, 1.807) is 0 Å². The SMILES string of the molecule is NCCCCC(NC(=O)C(N)CO)C(=O)NC(CCCN=C(N)N)C(=O)NC(CCC(=O)O)C(=O)O. The number of nitrogens with one attached hydrogen (secondary N) is 3. The van der Waals surface area contributed by atoms with Crippen molar-refractivity contribution in [3.63, 3.8) is 0 Å². The molecular formula is C20H38N8O8. The lowest BCUT2D eigenvalue weighted by molar-refractivity contribution is -0.143. The molecule has 0 aromatic heterocycles. The van der Waals surface area contributed by atoms with Crippen LogP contribution in [-0.4, -0.2) is 94.8 Å². The number of guanidine groups is 1. The number of nitrogens with zero attached hydrogens (tertiary/aromatic N) is 1. The number of rotatable bonds is 19. The maximum Gasteiger partial charge on any atom is 0.326 e. The van der Waals surface area contributed by atoms with Crippen LogP contribution in [0.2, 0.25) is 0 Å². The molecule has 206 valence electrons. The summed E-state index contributed by atoms with van der Waals surface area (Å²) in [6, 6.07) is -5.14. The van der Waals surface area contributed by atoms with Crippen LogP contribution in [-0.2, 0) is 24.0 Å². The highest BCUT2D eigenvalue weighted by Gasteiger charge is 2.30. The Morgan fingerprint density at radius 3 is 1.78 bits per heavy atom. The minimum atomic E-state index is -1.51. The maximum atomic E-state index is 13.0. The Bertz CT molecular complexity index is 775. The number of nitrogens with two attached hydrogens (primary N) is 4. The van der Waals surface area contributed by atoms with Gasteiger partial charge in [0.05, 0.1) is 6.61 Å². The summed E-state index contributed by atoms with van der Waals surface area (Å²) in [6.45, 7) is -0.182. The third-order valence-electron chi connectivity index (χ3n) is 4.95. The van der Waals surface area contributed by atoms with Crippen molar-refractivity contribution in [1.29, 1.82) is 0 Å². The molecule has 0 rings (SSSR count). The van der Waals surface area contributed by atoms with E-state index in [0.29, 0.717) is 19.4 Å². The predicted octanol–water partition coefficient (Wildman–Crippen LogP) is -4.11. The van der Waals surface area contributed by atoms with Crippen molar-refractivity contribution in [2.45, 2.75) is 69.1 Å². The molecule has 0 spiro atoms. The number of hydrogen-bond acceptors (Lipinski definition) is 9. The summed E-state index contributed by atoms with van der Waals surface area (Å²) in [7, 11) is 0. The number of aliphatic carboxylic acids is 2. The van der Waals surface area contributed by atoms with E-state index in [4.69, 9.17) is 33.1 Å². The zero-order valence-corrected chi connectivity index (χ0v) is 20.0. The first-order valence-electron chi connectivity index (χ1n) is 11.4. The van der Waals surface area contributed by atoms with Gasteiger partial charge < -0.3 is 54.2 Å². The smallest absolute Gasteiger partial charge is 0.326 e. The summed E-state index contributed by atoms with van der Waals surface area (Å²) in [5.74, 6) is -5.26. The molecule has 0 radical (unpaired) electrons. The Labute approximate surface area is 208 Å².